The zero-order chi connectivity index (χ0) is 11.8. The van der Waals surface area contributed by atoms with Gasteiger partial charge in [0.15, 0.2) is 0 Å². The highest BCUT2D eigenvalue weighted by atomic mass is 19.1. The number of aromatic amines is 1. The summed E-state index contributed by atoms with van der Waals surface area (Å²) in [6.45, 7) is 1.65. The highest BCUT2D eigenvalue weighted by Crippen LogP contribution is 2.14. The molecule has 2 heterocycles. The van der Waals surface area contributed by atoms with Gasteiger partial charge in [-0.1, -0.05) is 0 Å². The molecule has 0 amide bonds. The van der Waals surface area contributed by atoms with Crippen LogP contribution in [0, 0.1) is 5.82 Å². The average molecular weight is 235 g/mol. The molecule has 90 valence electrons. The topological polar surface area (TPSA) is 49.8 Å². The van der Waals surface area contributed by atoms with E-state index in [-0.39, 0.29) is 11.5 Å². The van der Waals surface area contributed by atoms with Gasteiger partial charge in [-0.3, -0.25) is 4.57 Å². The number of nitrogens with one attached hydrogen (secondary N) is 2. The van der Waals surface area contributed by atoms with Crippen molar-refractivity contribution in [1.29, 1.82) is 0 Å². The van der Waals surface area contributed by atoms with Crippen LogP contribution in [0.4, 0.5) is 4.39 Å². The summed E-state index contributed by atoms with van der Waals surface area (Å²) in [6.07, 6.45) is 2.23. The molecule has 0 bridgehead atoms. The first kappa shape index (κ1) is 10.5. The summed E-state index contributed by atoms with van der Waals surface area (Å²) < 4.78 is 14.7. The molecule has 0 saturated carbocycles. The van der Waals surface area contributed by atoms with Crippen LogP contribution in [-0.2, 0) is 6.54 Å². The lowest BCUT2D eigenvalue weighted by Gasteiger charge is -2.10. The molecule has 2 aromatic rings. The number of rotatable bonds is 2. The molecule has 1 saturated heterocycles. The second-order valence-electron chi connectivity index (χ2n) is 4.50. The van der Waals surface area contributed by atoms with Crippen molar-refractivity contribution in [3.05, 3.63) is 34.5 Å². The van der Waals surface area contributed by atoms with Crippen molar-refractivity contribution in [2.24, 2.45) is 0 Å². The molecule has 1 fully saturated rings. The Labute approximate surface area is 97.4 Å². The van der Waals surface area contributed by atoms with Crippen LogP contribution in [0.5, 0.6) is 0 Å². The van der Waals surface area contributed by atoms with Gasteiger partial charge in [0.1, 0.15) is 5.82 Å². The molecule has 4 nitrogen and oxygen atoms in total. The van der Waals surface area contributed by atoms with Gasteiger partial charge in [-0.05, 0) is 37.6 Å². The Morgan fingerprint density at radius 2 is 2.35 bits per heavy atom. The van der Waals surface area contributed by atoms with E-state index in [9.17, 15) is 9.18 Å². The van der Waals surface area contributed by atoms with E-state index in [0.29, 0.717) is 18.1 Å². The van der Waals surface area contributed by atoms with E-state index in [0.717, 1.165) is 24.9 Å². The van der Waals surface area contributed by atoms with Crippen molar-refractivity contribution < 1.29 is 4.39 Å². The molecule has 1 unspecified atom stereocenters. The third-order valence-electron chi connectivity index (χ3n) is 3.30. The summed E-state index contributed by atoms with van der Waals surface area (Å²) in [6, 6.07) is 4.73. The number of nitrogens with zero attached hydrogens (tertiary/aromatic N) is 1. The van der Waals surface area contributed by atoms with Gasteiger partial charge >= 0.3 is 5.69 Å². The maximum Gasteiger partial charge on any atom is 0.326 e. The third-order valence-corrected chi connectivity index (χ3v) is 3.30. The quantitative estimate of drug-likeness (QED) is 0.822. The van der Waals surface area contributed by atoms with E-state index < -0.39 is 0 Å². The van der Waals surface area contributed by atoms with Gasteiger partial charge in [-0.25, -0.2) is 9.18 Å². The van der Waals surface area contributed by atoms with E-state index in [4.69, 9.17) is 0 Å². The number of imidazole rings is 1. The van der Waals surface area contributed by atoms with Gasteiger partial charge in [0.05, 0.1) is 11.0 Å². The predicted octanol–water partition coefficient (Wildman–Crippen LogP) is 1.22. The second-order valence-corrected chi connectivity index (χ2v) is 4.50. The molecule has 3 rings (SSSR count). The SMILES string of the molecule is O=c1[nH]c2cc(F)ccc2n1CC1CCCN1. The maximum atomic E-state index is 13.0. The van der Waals surface area contributed by atoms with Gasteiger partial charge in [0.2, 0.25) is 0 Å². The van der Waals surface area contributed by atoms with E-state index in [1.165, 1.54) is 12.1 Å². The molecule has 1 aromatic heterocycles. The number of benzene rings is 1. The largest absolute Gasteiger partial charge is 0.326 e. The molecular weight excluding hydrogens is 221 g/mol. The highest BCUT2D eigenvalue weighted by Gasteiger charge is 2.17. The van der Waals surface area contributed by atoms with Gasteiger partial charge in [0, 0.05) is 12.6 Å². The van der Waals surface area contributed by atoms with Crippen LogP contribution >= 0.6 is 0 Å². The summed E-state index contributed by atoms with van der Waals surface area (Å²) in [4.78, 5) is 14.5. The van der Waals surface area contributed by atoms with Crippen LogP contribution in [0.3, 0.4) is 0 Å². The highest BCUT2D eigenvalue weighted by molar-refractivity contribution is 5.75. The zero-order valence-electron chi connectivity index (χ0n) is 9.37. The Kier molecular flexibility index (Phi) is 2.48. The number of aromatic nitrogens is 2. The normalized spacial score (nSPS) is 20.2. The molecule has 17 heavy (non-hydrogen) atoms. The number of halogens is 1. The van der Waals surface area contributed by atoms with Crippen LogP contribution in [0.25, 0.3) is 11.0 Å². The number of H-pyrrole nitrogens is 1. The minimum Gasteiger partial charge on any atom is -0.312 e. The zero-order valence-corrected chi connectivity index (χ0v) is 9.37. The molecule has 5 heteroatoms. The summed E-state index contributed by atoms with van der Waals surface area (Å²) in [5, 5.41) is 3.35. The lowest BCUT2D eigenvalue weighted by atomic mass is 10.2. The first-order valence-electron chi connectivity index (χ1n) is 5.85. The van der Waals surface area contributed by atoms with Crippen LogP contribution < -0.4 is 11.0 Å². The second kappa shape index (κ2) is 4.00. The molecule has 1 atom stereocenters. The van der Waals surface area contributed by atoms with Crippen LogP contribution in [0.1, 0.15) is 12.8 Å². The number of hydrogen-bond donors (Lipinski definition) is 2. The molecule has 0 radical (unpaired) electrons. The van der Waals surface area contributed by atoms with Gasteiger partial charge in [-0.2, -0.15) is 0 Å². The minimum absolute atomic E-state index is 0.167. The fourth-order valence-electron chi connectivity index (χ4n) is 2.45. The van der Waals surface area contributed by atoms with Crippen LogP contribution in [0.15, 0.2) is 23.0 Å². The Bertz CT molecular complexity index is 595. The molecule has 0 spiro atoms. The Morgan fingerprint density at radius 1 is 1.47 bits per heavy atom. The number of fused-ring (bicyclic) bond motifs is 1. The smallest absolute Gasteiger partial charge is 0.312 e. The van der Waals surface area contributed by atoms with Crippen LogP contribution in [-0.4, -0.2) is 22.1 Å². The Morgan fingerprint density at radius 3 is 3.12 bits per heavy atom. The van der Waals surface area contributed by atoms with E-state index in [1.54, 1.807) is 10.6 Å². The molecule has 2 N–H and O–H groups in total. The molecule has 1 aliphatic rings. The van der Waals surface area contributed by atoms with Gasteiger partial charge in [-0.15, -0.1) is 0 Å². The van der Waals surface area contributed by atoms with Crippen molar-refractivity contribution in [3.8, 4) is 0 Å². The fourth-order valence-corrected chi connectivity index (χ4v) is 2.45. The van der Waals surface area contributed by atoms with E-state index >= 15 is 0 Å². The van der Waals surface area contributed by atoms with Crippen LogP contribution in [0.2, 0.25) is 0 Å². The lowest BCUT2D eigenvalue weighted by molar-refractivity contribution is 0.509. The predicted molar refractivity (Wildman–Crippen MR) is 63.5 cm³/mol. The number of hydrogen-bond acceptors (Lipinski definition) is 2. The summed E-state index contributed by atoms with van der Waals surface area (Å²) in [5.74, 6) is -0.329. The molecule has 1 aliphatic heterocycles. The molecular formula is C12H14FN3O. The Hall–Kier alpha value is -1.62. The Balaban J connectivity index is 2.02. The molecule has 0 aliphatic carbocycles. The van der Waals surface area contributed by atoms with Crippen molar-refractivity contribution in [2.45, 2.75) is 25.4 Å². The first-order valence-corrected chi connectivity index (χ1v) is 5.85. The monoisotopic (exact) mass is 235 g/mol. The van der Waals surface area contributed by atoms with E-state index in [2.05, 4.69) is 10.3 Å². The summed E-state index contributed by atoms with van der Waals surface area (Å²) >= 11 is 0. The van der Waals surface area contributed by atoms with Crippen molar-refractivity contribution in [3.63, 3.8) is 0 Å². The average Bonchev–Trinajstić information content (AvgIpc) is 2.88. The lowest BCUT2D eigenvalue weighted by Crippen LogP contribution is -2.31. The first-order chi connectivity index (χ1) is 8.24. The van der Waals surface area contributed by atoms with Gasteiger partial charge in [0.25, 0.3) is 0 Å². The third kappa shape index (κ3) is 1.86. The van der Waals surface area contributed by atoms with Gasteiger partial charge < -0.3 is 10.3 Å². The van der Waals surface area contributed by atoms with E-state index in [1.807, 2.05) is 0 Å². The molecule has 1 aromatic carbocycles. The summed E-state index contributed by atoms with van der Waals surface area (Å²) in [7, 11) is 0. The minimum atomic E-state index is -0.329. The van der Waals surface area contributed by atoms with Crippen molar-refractivity contribution in [2.75, 3.05) is 6.54 Å². The van der Waals surface area contributed by atoms with Crippen molar-refractivity contribution >= 4 is 11.0 Å². The summed E-state index contributed by atoms with van der Waals surface area (Å²) in [5.41, 5.74) is 1.16. The fraction of sp³-hybridized carbons (Fsp3) is 0.417. The maximum absolute atomic E-state index is 13.0. The van der Waals surface area contributed by atoms with Crippen molar-refractivity contribution in [1.82, 2.24) is 14.9 Å². The standard InChI is InChI=1S/C12H14FN3O/c13-8-3-4-11-10(6-8)15-12(17)16(11)7-9-2-1-5-14-9/h3-4,6,9,14H,1-2,5,7H2,(H,15,17).